The van der Waals surface area contributed by atoms with Gasteiger partial charge in [0, 0.05) is 32.2 Å². The largest absolute Gasteiger partial charge is 0.463 e. The van der Waals surface area contributed by atoms with Gasteiger partial charge >= 0.3 is 0 Å². The van der Waals surface area contributed by atoms with Crippen molar-refractivity contribution in [1.29, 1.82) is 0 Å². The second-order valence-electron chi connectivity index (χ2n) is 5.64. The van der Waals surface area contributed by atoms with E-state index in [1.807, 2.05) is 17.0 Å². The quantitative estimate of drug-likeness (QED) is 0.759. The fourth-order valence-electron chi connectivity index (χ4n) is 2.77. The number of piperazine rings is 1. The minimum Gasteiger partial charge on any atom is -0.463 e. The summed E-state index contributed by atoms with van der Waals surface area (Å²) in [6, 6.07) is 3.71. The third-order valence-electron chi connectivity index (χ3n) is 4.06. The van der Waals surface area contributed by atoms with Crippen molar-refractivity contribution in [3.63, 3.8) is 0 Å². The molecule has 1 fully saturated rings. The van der Waals surface area contributed by atoms with Crippen molar-refractivity contribution in [2.75, 3.05) is 26.2 Å². The molecule has 1 saturated heterocycles. The van der Waals surface area contributed by atoms with Crippen LogP contribution < -0.4 is 5.73 Å². The summed E-state index contributed by atoms with van der Waals surface area (Å²) in [5, 5.41) is 3.90. The van der Waals surface area contributed by atoms with Gasteiger partial charge in [0.2, 0.25) is 5.89 Å². The molecule has 1 aliphatic rings. The highest BCUT2D eigenvalue weighted by Crippen LogP contribution is 2.27. The highest BCUT2D eigenvalue weighted by molar-refractivity contribution is 7.20. The summed E-state index contributed by atoms with van der Waals surface area (Å²) in [7, 11) is 0. The van der Waals surface area contributed by atoms with Crippen LogP contribution in [-0.4, -0.2) is 52.0 Å². The Morgan fingerprint density at radius 3 is 2.88 bits per heavy atom. The highest BCUT2D eigenvalue weighted by Gasteiger charge is 2.24. The van der Waals surface area contributed by atoms with E-state index in [1.165, 1.54) is 11.3 Å². The lowest BCUT2D eigenvalue weighted by atomic mass is 10.3. The number of carbonyl (C=O) groups is 1. The van der Waals surface area contributed by atoms with E-state index in [1.54, 1.807) is 6.26 Å². The zero-order valence-electron chi connectivity index (χ0n) is 13.0. The molecule has 8 nitrogen and oxygen atoms in total. The van der Waals surface area contributed by atoms with E-state index in [4.69, 9.17) is 14.7 Å². The van der Waals surface area contributed by atoms with Gasteiger partial charge in [0.05, 0.1) is 28.9 Å². The topological polar surface area (TPSA) is 102 Å². The molecule has 1 amide bonds. The molecule has 0 atom stereocenters. The number of hydrogen-bond acceptors (Lipinski definition) is 8. The monoisotopic (exact) mass is 347 g/mol. The summed E-state index contributed by atoms with van der Waals surface area (Å²) < 4.78 is 11.3. The average Bonchev–Trinajstić information content (AvgIpc) is 3.30. The molecule has 0 saturated carbocycles. The lowest BCUT2D eigenvalue weighted by Crippen LogP contribution is -2.48. The molecule has 24 heavy (non-hydrogen) atoms. The van der Waals surface area contributed by atoms with Crippen molar-refractivity contribution in [3.05, 3.63) is 35.0 Å². The van der Waals surface area contributed by atoms with Gasteiger partial charge in [-0.15, -0.1) is 11.3 Å². The fraction of sp³-hybridized carbons (Fsp3) is 0.400. The van der Waals surface area contributed by atoms with Crippen LogP contribution in [0, 0.1) is 0 Å². The Bertz CT molecular complexity index is 818. The van der Waals surface area contributed by atoms with Gasteiger partial charge < -0.3 is 19.6 Å². The summed E-state index contributed by atoms with van der Waals surface area (Å²) >= 11 is 1.47. The maximum absolute atomic E-state index is 12.6. The lowest BCUT2D eigenvalue weighted by Gasteiger charge is -2.33. The Labute approximate surface area is 141 Å². The van der Waals surface area contributed by atoms with Crippen LogP contribution in [0.1, 0.15) is 21.4 Å². The van der Waals surface area contributed by atoms with Gasteiger partial charge in [-0.2, -0.15) is 4.98 Å². The summed E-state index contributed by atoms with van der Waals surface area (Å²) in [6.45, 7) is 3.77. The van der Waals surface area contributed by atoms with Crippen LogP contribution in [0.5, 0.6) is 0 Å². The minimum absolute atomic E-state index is 0.0658. The second kappa shape index (κ2) is 6.34. The Hall–Kier alpha value is -2.23. The average molecular weight is 347 g/mol. The Morgan fingerprint density at radius 1 is 1.33 bits per heavy atom. The van der Waals surface area contributed by atoms with E-state index in [-0.39, 0.29) is 12.5 Å². The first-order valence-electron chi connectivity index (χ1n) is 7.73. The van der Waals surface area contributed by atoms with E-state index in [0.29, 0.717) is 31.3 Å². The normalized spacial score (nSPS) is 16.1. The first-order chi connectivity index (χ1) is 11.7. The van der Waals surface area contributed by atoms with Crippen LogP contribution >= 0.6 is 11.3 Å². The molecule has 0 spiro atoms. The number of furan rings is 1. The molecule has 0 bridgehead atoms. The highest BCUT2D eigenvalue weighted by atomic mass is 32.1. The van der Waals surface area contributed by atoms with E-state index in [9.17, 15) is 4.79 Å². The predicted molar refractivity (Wildman–Crippen MR) is 87.5 cm³/mol. The molecule has 3 aromatic heterocycles. The van der Waals surface area contributed by atoms with Crippen molar-refractivity contribution >= 4 is 27.5 Å². The molecule has 2 N–H and O–H groups in total. The van der Waals surface area contributed by atoms with Gasteiger partial charge in [0.1, 0.15) is 5.58 Å². The van der Waals surface area contributed by atoms with Crippen LogP contribution in [0.3, 0.4) is 0 Å². The first kappa shape index (κ1) is 15.3. The number of hydrogen-bond donors (Lipinski definition) is 1. The Morgan fingerprint density at radius 2 is 2.17 bits per heavy atom. The van der Waals surface area contributed by atoms with Crippen molar-refractivity contribution in [1.82, 2.24) is 19.9 Å². The molecule has 4 rings (SSSR count). The van der Waals surface area contributed by atoms with Crippen molar-refractivity contribution in [3.8, 4) is 0 Å². The molecule has 0 radical (unpaired) electrons. The number of amides is 1. The lowest BCUT2D eigenvalue weighted by molar-refractivity contribution is 0.0629. The molecule has 0 unspecified atom stereocenters. The minimum atomic E-state index is 0.0658. The van der Waals surface area contributed by atoms with Crippen molar-refractivity contribution in [2.24, 2.45) is 5.73 Å². The number of aromatic nitrogens is 2. The fourth-order valence-corrected chi connectivity index (χ4v) is 3.72. The van der Waals surface area contributed by atoms with Crippen LogP contribution in [-0.2, 0) is 13.1 Å². The molecular formula is C15H17N5O3S. The maximum atomic E-state index is 12.6. The summed E-state index contributed by atoms with van der Waals surface area (Å²) in [5.41, 5.74) is 6.24. The standard InChI is InChI=1S/C15H17N5O3S/c16-8-14-17-13(18-23-14)9-19-2-4-20(5-3-19)15(21)12-7-10-11(24-12)1-6-22-10/h1,6-7H,2-5,8-9,16H2. The van der Waals surface area contributed by atoms with Crippen LogP contribution in [0.4, 0.5) is 0 Å². The Kier molecular flexibility index (Phi) is 4.05. The number of fused-ring (bicyclic) bond motifs is 1. The summed E-state index contributed by atoms with van der Waals surface area (Å²) in [6.07, 6.45) is 1.64. The molecule has 0 aromatic carbocycles. The predicted octanol–water partition coefficient (Wildman–Crippen LogP) is 1.29. The smallest absolute Gasteiger partial charge is 0.264 e. The Balaban J connectivity index is 1.35. The first-order valence-corrected chi connectivity index (χ1v) is 8.55. The molecule has 0 aliphatic carbocycles. The molecular weight excluding hydrogens is 330 g/mol. The molecule has 126 valence electrons. The van der Waals surface area contributed by atoms with E-state index < -0.39 is 0 Å². The number of thiophene rings is 1. The third-order valence-corrected chi connectivity index (χ3v) is 5.13. The van der Waals surface area contributed by atoms with Crippen LogP contribution in [0.25, 0.3) is 10.3 Å². The van der Waals surface area contributed by atoms with Gasteiger partial charge in [-0.3, -0.25) is 9.69 Å². The summed E-state index contributed by atoms with van der Waals surface area (Å²) in [4.78, 5) is 21.6. The van der Waals surface area contributed by atoms with Crippen molar-refractivity contribution in [2.45, 2.75) is 13.1 Å². The number of nitrogens with zero attached hydrogens (tertiary/aromatic N) is 4. The number of carbonyl (C=O) groups excluding carboxylic acids is 1. The second-order valence-corrected chi connectivity index (χ2v) is 6.72. The molecule has 3 aromatic rings. The number of nitrogens with two attached hydrogens (primary N) is 1. The third kappa shape index (κ3) is 2.93. The molecule has 9 heteroatoms. The van der Waals surface area contributed by atoms with E-state index in [2.05, 4.69) is 15.0 Å². The zero-order valence-corrected chi connectivity index (χ0v) is 13.8. The van der Waals surface area contributed by atoms with Crippen molar-refractivity contribution < 1.29 is 13.7 Å². The van der Waals surface area contributed by atoms with Gasteiger partial charge in [-0.1, -0.05) is 5.16 Å². The number of rotatable bonds is 4. The van der Waals surface area contributed by atoms with Crippen LogP contribution in [0.15, 0.2) is 27.3 Å². The van der Waals surface area contributed by atoms with Gasteiger partial charge in [0.15, 0.2) is 5.82 Å². The van der Waals surface area contributed by atoms with Gasteiger partial charge in [0.25, 0.3) is 5.91 Å². The molecule has 4 heterocycles. The summed E-state index contributed by atoms with van der Waals surface area (Å²) in [5.74, 6) is 1.14. The molecule has 1 aliphatic heterocycles. The van der Waals surface area contributed by atoms with Gasteiger partial charge in [-0.25, -0.2) is 0 Å². The maximum Gasteiger partial charge on any atom is 0.264 e. The zero-order chi connectivity index (χ0) is 16.5. The van der Waals surface area contributed by atoms with Gasteiger partial charge in [-0.05, 0) is 6.07 Å². The van der Waals surface area contributed by atoms with E-state index in [0.717, 1.165) is 28.2 Å². The van der Waals surface area contributed by atoms with E-state index >= 15 is 0 Å². The SMILES string of the molecule is NCc1nc(CN2CCN(C(=O)c3cc4occc4s3)CC2)no1. The van der Waals surface area contributed by atoms with Crippen LogP contribution in [0.2, 0.25) is 0 Å².